The lowest BCUT2D eigenvalue weighted by atomic mass is 10.2. The van der Waals surface area contributed by atoms with Crippen LogP contribution in [0.15, 0.2) is 60.3 Å². The van der Waals surface area contributed by atoms with Crippen molar-refractivity contribution in [1.29, 1.82) is 5.26 Å². The number of para-hydroxylation sites is 1. The van der Waals surface area contributed by atoms with Gasteiger partial charge in [-0.3, -0.25) is 4.79 Å². The molecule has 0 spiro atoms. The number of rotatable bonds is 4. The third kappa shape index (κ3) is 4.26. The average molecular weight is 332 g/mol. The Morgan fingerprint density at radius 3 is 2.55 bits per heavy atom. The lowest BCUT2D eigenvalue weighted by Gasteiger charge is -2.06. The van der Waals surface area contributed by atoms with Gasteiger partial charge in [0.2, 0.25) is 0 Å². The van der Waals surface area contributed by atoms with E-state index in [1.807, 2.05) is 12.1 Å². The van der Waals surface area contributed by atoms with Gasteiger partial charge in [0.05, 0.1) is 10.7 Å². The number of hydrogen-bond donors (Lipinski definition) is 2. The molecule has 0 saturated heterocycles. The Bertz CT molecular complexity index is 752. The molecule has 6 heteroatoms. The molecule has 110 valence electrons. The maximum atomic E-state index is 12.0. The Balaban J connectivity index is 2.12. The molecule has 1 amide bonds. The summed E-state index contributed by atoms with van der Waals surface area (Å²) in [5.41, 5.74) is 1.03. The van der Waals surface area contributed by atoms with Crippen LogP contribution >= 0.6 is 23.2 Å². The molecule has 0 aromatic heterocycles. The van der Waals surface area contributed by atoms with Gasteiger partial charge < -0.3 is 10.6 Å². The Morgan fingerprint density at radius 1 is 1.14 bits per heavy atom. The molecule has 2 rings (SSSR count). The van der Waals surface area contributed by atoms with Crippen LogP contribution in [0.3, 0.4) is 0 Å². The van der Waals surface area contributed by atoms with Crippen LogP contribution in [-0.2, 0) is 4.79 Å². The van der Waals surface area contributed by atoms with E-state index in [9.17, 15) is 4.79 Å². The lowest BCUT2D eigenvalue weighted by Crippen LogP contribution is -2.14. The first-order valence-electron chi connectivity index (χ1n) is 6.28. The zero-order chi connectivity index (χ0) is 15.9. The molecule has 0 unspecified atom stereocenters. The van der Waals surface area contributed by atoms with Crippen LogP contribution in [0.5, 0.6) is 0 Å². The van der Waals surface area contributed by atoms with E-state index in [-0.39, 0.29) is 5.57 Å². The third-order valence-electron chi connectivity index (χ3n) is 2.70. The SMILES string of the molecule is N#C/C(=C\Nc1cc(Cl)ccc1Cl)C(=O)Nc1ccccc1. The molecule has 0 fully saturated rings. The molecule has 0 radical (unpaired) electrons. The van der Waals surface area contributed by atoms with E-state index < -0.39 is 5.91 Å². The molecule has 0 aliphatic heterocycles. The van der Waals surface area contributed by atoms with E-state index in [0.29, 0.717) is 21.4 Å². The first-order valence-corrected chi connectivity index (χ1v) is 7.04. The number of carbonyl (C=O) groups is 1. The van der Waals surface area contributed by atoms with Crippen molar-refractivity contribution in [2.75, 3.05) is 10.6 Å². The van der Waals surface area contributed by atoms with E-state index >= 15 is 0 Å². The lowest BCUT2D eigenvalue weighted by molar-refractivity contribution is -0.112. The Kier molecular flexibility index (Phi) is 5.42. The number of hydrogen-bond acceptors (Lipinski definition) is 3. The van der Waals surface area contributed by atoms with Crippen molar-refractivity contribution in [1.82, 2.24) is 0 Å². The fourth-order valence-electron chi connectivity index (χ4n) is 1.63. The van der Waals surface area contributed by atoms with Gasteiger partial charge in [-0.25, -0.2) is 0 Å². The summed E-state index contributed by atoms with van der Waals surface area (Å²) in [4.78, 5) is 12.0. The van der Waals surface area contributed by atoms with Crippen LogP contribution in [0, 0.1) is 11.3 Å². The first-order chi connectivity index (χ1) is 10.6. The van der Waals surface area contributed by atoms with Gasteiger partial charge in [0.1, 0.15) is 11.6 Å². The summed E-state index contributed by atoms with van der Waals surface area (Å²) in [6.45, 7) is 0. The minimum absolute atomic E-state index is 0.0834. The number of nitriles is 1. The number of nitrogens with one attached hydrogen (secondary N) is 2. The summed E-state index contributed by atoms with van der Waals surface area (Å²) in [7, 11) is 0. The Labute approximate surface area is 138 Å². The second kappa shape index (κ2) is 7.51. The Hall–Kier alpha value is -2.48. The highest BCUT2D eigenvalue weighted by Crippen LogP contribution is 2.25. The molecular formula is C16H11Cl2N3O. The largest absolute Gasteiger partial charge is 0.359 e. The standard InChI is InChI=1S/C16H11Cl2N3O/c17-12-6-7-14(18)15(8-12)20-10-11(9-19)16(22)21-13-4-2-1-3-5-13/h1-8,10,20H,(H,21,22)/b11-10+. The molecule has 0 saturated carbocycles. The highest BCUT2D eigenvalue weighted by Gasteiger charge is 2.09. The van der Waals surface area contributed by atoms with Gasteiger partial charge in [0.25, 0.3) is 5.91 Å². The van der Waals surface area contributed by atoms with Crippen LogP contribution in [0.2, 0.25) is 10.0 Å². The van der Waals surface area contributed by atoms with Crippen molar-refractivity contribution >= 4 is 40.5 Å². The van der Waals surface area contributed by atoms with Crippen molar-refractivity contribution in [3.8, 4) is 6.07 Å². The van der Waals surface area contributed by atoms with Gasteiger partial charge in [-0.1, -0.05) is 41.4 Å². The smallest absolute Gasteiger partial charge is 0.267 e. The fraction of sp³-hybridized carbons (Fsp3) is 0. The molecule has 0 aliphatic rings. The fourth-order valence-corrected chi connectivity index (χ4v) is 1.97. The molecule has 0 aliphatic carbocycles. The van der Waals surface area contributed by atoms with E-state index in [4.69, 9.17) is 28.5 Å². The van der Waals surface area contributed by atoms with Crippen molar-refractivity contribution in [2.45, 2.75) is 0 Å². The van der Waals surface area contributed by atoms with E-state index in [1.54, 1.807) is 42.5 Å². The summed E-state index contributed by atoms with van der Waals surface area (Å²) < 4.78 is 0. The van der Waals surface area contributed by atoms with Gasteiger partial charge in [0, 0.05) is 16.9 Å². The third-order valence-corrected chi connectivity index (χ3v) is 3.26. The van der Waals surface area contributed by atoms with Gasteiger partial charge in [-0.05, 0) is 30.3 Å². The van der Waals surface area contributed by atoms with Gasteiger partial charge in [-0.2, -0.15) is 5.26 Å². The van der Waals surface area contributed by atoms with E-state index in [1.165, 1.54) is 6.20 Å². The van der Waals surface area contributed by atoms with Crippen molar-refractivity contribution < 1.29 is 4.79 Å². The van der Waals surface area contributed by atoms with Crippen molar-refractivity contribution in [3.63, 3.8) is 0 Å². The maximum Gasteiger partial charge on any atom is 0.267 e. The predicted octanol–water partition coefficient (Wildman–Crippen LogP) is 4.45. The van der Waals surface area contributed by atoms with Gasteiger partial charge >= 0.3 is 0 Å². The first kappa shape index (κ1) is 15.9. The van der Waals surface area contributed by atoms with Crippen LogP contribution < -0.4 is 10.6 Å². The summed E-state index contributed by atoms with van der Waals surface area (Å²) in [5, 5.41) is 15.5. The molecule has 2 N–H and O–H groups in total. The molecule has 2 aromatic carbocycles. The van der Waals surface area contributed by atoms with E-state index in [0.717, 1.165) is 0 Å². The monoisotopic (exact) mass is 331 g/mol. The minimum Gasteiger partial charge on any atom is -0.359 e. The zero-order valence-corrected chi connectivity index (χ0v) is 12.8. The molecule has 22 heavy (non-hydrogen) atoms. The maximum absolute atomic E-state index is 12.0. The number of carbonyl (C=O) groups excluding carboxylic acids is 1. The van der Waals surface area contributed by atoms with Gasteiger partial charge in [0.15, 0.2) is 0 Å². The number of amides is 1. The summed E-state index contributed by atoms with van der Waals surface area (Å²) in [6, 6.07) is 15.6. The highest BCUT2D eigenvalue weighted by atomic mass is 35.5. The van der Waals surface area contributed by atoms with E-state index in [2.05, 4.69) is 10.6 Å². The Morgan fingerprint density at radius 2 is 1.86 bits per heavy atom. The van der Waals surface area contributed by atoms with Crippen molar-refractivity contribution in [3.05, 3.63) is 70.3 Å². The van der Waals surface area contributed by atoms with Gasteiger partial charge in [-0.15, -0.1) is 0 Å². The quantitative estimate of drug-likeness (QED) is 0.642. The summed E-state index contributed by atoms with van der Waals surface area (Å²) >= 11 is 11.9. The topological polar surface area (TPSA) is 64.9 Å². The second-order valence-corrected chi connectivity index (χ2v) is 5.10. The molecule has 2 aromatic rings. The average Bonchev–Trinajstić information content (AvgIpc) is 2.52. The molecule has 0 bridgehead atoms. The molecule has 4 nitrogen and oxygen atoms in total. The molecule has 0 heterocycles. The number of nitrogens with zero attached hydrogens (tertiary/aromatic N) is 1. The van der Waals surface area contributed by atoms with Crippen LogP contribution in [0.4, 0.5) is 11.4 Å². The summed E-state index contributed by atoms with van der Waals surface area (Å²) in [5.74, 6) is -0.514. The van der Waals surface area contributed by atoms with Crippen LogP contribution in [-0.4, -0.2) is 5.91 Å². The second-order valence-electron chi connectivity index (χ2n) is 4.26. The zero-order valence-electron chi connectivity index (χ0n) is 11.3. The number of benzene rings is 2. The summed E-state index contributed by atoms with van der Waals surface area (Å²) in [6.07, 6.45) is 1.29. The predicted molar refractivity (Wildman–Crippen MR) is 88.9 cm³/mol. The number of halogens is 2. The number of anilines is 2. The highest BCUT2D eigenvalue weighted by molar-refractivity contribution is 6.35. The van der Waals surface area contributed by atoms with Crippen LogP contribution in [0.25, 0.3) is 0 Å². The normalized spacial score (nSPS) is 10.7. The molecule has 0 atom stereocenters. The molecular weight excluding hydrogens is 321 g/mol. The minimum atomic E-state index is -0.514. The van der Waals surface area contributed by atoms with Crippen LogP contribution in [0.1, 0.15) is 0 Å². The van der Waals surface area contributed by atoms with Crippen molar-refractivity contribution in [2.24, 2.45) is 0 Å².